The molecule has 2 heterocycles. The van der Waals surface area contributed by atoms with E-state index in [4.69, 9.17) is 11.6 Å². The van der Waals surface area contributed by atoms with Gasteiger partial charge in [-0.2, -0.15) is 0 Å². The number of hydrogen-bond donors (Lipinski definition) is 2. The second-order valence-corrected chi connectivity index (χ2v) is 4.73. The largest absolute Gasteiger partial charge is 0.481 e. The number of nitrogens with zero attached hydrogens (tertiary/aromatic N) is 2. The summed E-state index contributed by atoms with van der Waals surface area (Å²) in [5.41, 5.74) is -0.0352. The summed E-state index contributed by atoms with van der Waals surface area (Å²) in [6.07, 6.45) is 4.65. The van der Waals surface area contributed by atoms with Gasteiger partial charge in [-0.05, 0) is 25.9 Å². The van der Waals surface area contributed by atoms with E-state index in [0.29, 0.717) is 30.1 Å². The summed E-state index contributed by atoms with van der Waals surface area (Å²) in [7, 11) is 0. The summed E-state index contributed by atoms with van der Waals surface area (Å²) in [5.74, 6) is -0.754. The number of piperidine rings is 1. The van der Waals surface area contributed by atoms with E-state index >= 15 is 0 Å². The summed E-state index contributed by atoms with van der Waals surface area (Å²) in [6.45, 7) is 1.46. The third-order valence-electron chi connectivity index (χ3n) is 3.21. The molecule has 0 spiro atoms. The standard InChI is InChI=1S/C11H14ClN3O2/c12-9-7-14-8(6-15-9)5-11(10(16)17)1-3-13-4-2-11/h6-7,13H,1-5H2,(H,16,17). The van der Waals surface area contributed by atoms with Crippen LogP contribution in [0.1, 0.15) is 18.5 Å². The highest BCUT2D eigenvalue weighted by molar-refractivity contribution is 6.29. The molecule has 1 saturated heterocycles. The Balaban J connectivity index is 2.17. The first-order valence-corrected chi connectivity index (χ1v) is 5.91. The number of rotatable bonds is 3. The third kappa shape index (κ3) is 2.73. The molecule has 0 bridgehead atoms. The quantitative estimate of drug-likeness (QED) is 0.847. The SMILES string of the molecule is O=C(O)C1(Cc2cnc(Cl)cn2)CCNCC1. The molecule has 17 heavy (non-hydrogen) atoms. The molecular formula is C11H14ClN3O2. The predicted octanol–water partition coefficient (Wildman–Crippen LogP) is 1.13. The number of aliphatic carboxylic acids is 1. The van der Waals surface area contributed by atoms with Crippen molar-refractivity contribution in [3.63, 3.8) is 0 Å². The fourth-order valence-corrected chi connectivity index (χ4v) is 2.25. The van der Waals surface area contributed by atoms with Crippen molar-refractivity contribution in [1.29, 1.82) is 0 Å². The number of aromatic nitrogens is 2. The lowest BCUT2D eigenvalue weighted by atomic mass is 9.75. The molecule has 0 aromatic carbocycles. The van der Waals surface area contributed by atoms with E-state index in [1.165, 1.54) is 6.20 Å². The van der Waals surface area contributed by atoms with Crippen LogP contribution in [0.15, 0.2) is 12.4 Å². The molecule has 2 N–H and O–H groups in total. The minimum absolute atomic E-state index is 0.323. The normalized spacial score (nSPS) is 18.9. The van der Waals surface area contributed by atoms with Crippen molar-refractivity contribution in [2.45, 2.75) is 19.3 Å². The molecule has 0 radical (unpaired) electrons. The molecule has 0 aliphatic carbocycles. The van der Waals surface area contributed by atoms with Crippen LogP contribution in [0.5, 0.6) is 0 Å². The number of nitrogens with one attached hydrogen (secondary N) is 1. The molecule has 5 nitrogen and oxygen atoms in total. The molecular weight excluding hydrogens is 242 g/mol. The molecule has 0 unspecified atom stereocenters. The van der Waals surface area contributed by atoms with Crippen LogP contribution in [-0.2, 0) is 11.2 Å². The highest BCUT2D eigenvalue weighted by Crippen LogP contribution is 2.32. The van der Waals surface area contributed by atoms with E-state index in [1.807, 2.05) is 0 Å². The first-order chi connectivity index (χ1) is 8.12. The average molecular weight is 256 g/mol. The lowest BCUT2D eigenvalue weighted by Gasteiger charge is -2.33. The van der Waals surface area contributed by atoms with Crippen molar-refractivity contribution in [2.75, 3.05) is 13.1 Å². The minimum Gasteiger partial charge on any atom is -0.481 e. The van der Waals surface area contributed by atoms with Crippen LogP contribution in [-0.4, -0.2) is 34.1 Å². The van der Waals surface area contributed by atoms with Gasteiger partial charge >= 0.3 is 5.97 Å². The molecule has 6 heteroatoms. The van der Waals surface area contributed by atoms with E-state index in [-0.39, 0.29) is 0 Å². The van der Waals surface area contributed by atoms with Gasteiger partial charge in [0.05, 0.1) is 23.5 Å². The van der Waals surface area contributed by atoms with Crippen LogP contribution in [0.25, 0.3) is 0 Å². The van der Waals surface area contributed by atoms with Crippen molar-refractivity contribution in [3.8, 4) is 0 Å². The maximum Gasteiger partial charge on any atom is 0.310 e. The average Bonchev–Trinajstić information content (AvgIpc) is 2.33. The maximum atomic E-state index is 11.4. The molecule has 1 aliphatic heterocycles. The highest BCUT2D eigenvalue weighted by Gasteiger charge is 2.40. The van der Waals surface area contributed by atoms with Gasteiger partial charge in [0.2, 0.25) is 0 Å². The van der Waals surface area contributed by atoms with Crippen LogP contribution in [0, 0.1) is 5.41 Å². The second kappa shape index (κ2) is 4.98. The Morgan fingerprint density at radius 3 is 2.65 bits per heavy atom. The van der Waals surface area contributed by atoms with Crippen LogP contribution < -0.4 is 5.32 Å². The zero-order valence-corrected chi connectivity index (χ0v) is 10.1. The van der Waals surface area contributed by atoms with E-state index in [0.717, 1.165) is 13.1 Å². The van der Waals surface area contributed by atoms with E-state index in [9.17, 15) is 9.90 Å². The van der Waals surface area contributed by atoms with Gasteiger partial charge < -0.3 is 10.4 Å². The molecule has 1 aromatic rings. The molecule has 0 atom stereocenters. The Morgan fingerprint density at radius 1 is 1.41 bits per heavy atom. The van der Waals surface area contributed by atoms with Gasteiger partial charge in [-0.3, -0.25) is 9.78 Å². The Bertz CT molecular complexity index is 402. The van der Waals surface area contributed by atoms with Crippen molar-refractivity contribution < 1.29 is 9.90 Å². The van der Waals surface area contributed by atoms with Crippen molar-refractivity contribution >= 4 is 17.6 Å². The molecule has 0 saturated carbocycles. The van der Waals surface area contributed by atoms with Crippen LogP contribution in [0.4, 0.5) is 0 Å². The van der Waals surface area contributed by atoms with Crippen LogP contribution in [0.3, 0.4) is 0 Å². The van der Waals surface area contributed by atoms with Crippen LogP contribution in [0.2, 0.25) is 5.15 Å². The summed E-state index contributed by atoms with van der Waals surface area (Å²) in [6, 6.07) is 0. The third-order valence-corrected chi connectivity index (χ3v) is 3.40. The zero-order valence-electron chi connectivity index (χ0n) is 9.32. The Morgan fingerprint density at radius 2 is 2.12 bits per heavy atom. The topological polar surface area (TPSA) is 75.1 Å². The highest BCUT2D eigenvalue weighted by atomic mass is 35.5. The first-order valence-electron chi connectivity index (χ1n) is 5.53. The number of carboxylic acids is 1. The molecule has 1 aliphatic rings. The summed E-state index contributed by atoms with van der Waals surface area (Å²) < 4.78 is 0. The summed E-state index contributed by atoms with van der Waals surface area (Å²) >= 11 is 5.65. The second-order valence-electron chi connectivity index (χ2n) is 4.34. The van der Waals surface area contributed by atoms with Crippen molar-refractivity contribution in [3.05, 3.63) is 23.2 Å². The van der Waals surface area contributed by atoms with Gasteiger partial charge in [0.25, 0.3) is 0 Å². The Labute approximate surface area is 104 Å². The van der Waals surface area contributed by atoms with E-state index < -0.39 is 11.4 Å². The summed E-state index contributed by atoms with van der Waals surface area (Å²) in [4.78, 5) is 19.5. The first kappa shape index (κ1) is 12.3. The lowest BCUT2D eigenvalue weighted by molar-refractivity contribution is -0.150. The maximum absolute atomic E-state index is 11.4. The molecule has 92 valence electrons. The van der Waals surface area contributed by atoms with Gasteiger partial charge in [0.1, 0.15) is 5.15 Å². The van der Waals surface area contributed by atoms with Crippen molar-refractivity contribution in [1.82, 2.24) is 15.3 Å². The zero-order chi connectivity index (χ0) is 12.3. The van der Waals surface area contributed by atoms with Gasteiger partial charge in [0, 0.05) is 6.42 Å². The number of carboxylic acid groups (broad SMARTS) is 1. The predicted molar refractivity (Wildman–Crippen MR) is 62.9 cm³/mol. The molecule has 1 aromatic heterocycles. The van der Waals surface area contributed by atoms with E-state index in [1.54, 1.807) is 6.20 Å². The molecule has 2 rings (SSSR count). The lowest BCUT2D eigenvalue weighted by Crippen LogP contribution is -2.43. The monoisotopic (exact) mass is 255 g/mol. The number of carbonyl (C=O) groups is 1. The minimum atomic E-state index is -0.754. The van der Waals surface area contributed by atoms with Gasteiger partial charge in [-0.25, -0.2) is 4.98 Å². The molecule has 0 amide bonds. The number of halogens is 1. The Hall–Kier alpha value is -1.20. The number of hydrogen-bond acceptors (Lipinski definition) is 4. The molecule has 1 fully saturated rings. The van der Waals surface area contributed by atoms with Gasteiger partial charge in [0.15, 0.2) is 0 Å². The smallest absolute Gasteiger partial charge is 0.310 e. The fourth-order valence-electron chi connectivity index (χ4n) is 2.15. The van der Waals surface area contributed by atoms with Gasteiger partial charge in [-0.1, -0.05) is 11.6 Å². The van der Waals surface area contributed by atoms with Gasteiger partial charge in [-0.15, -0.1) is 0 Å². The fraction of sp³-hybridized carbons (Fsp3) is 0.545. The van der Waals surface area contributed by atoms with Crippen molar-refractivity contribution in [2.24, 2.45) is 5.41 Å². The van der Waals surface area contributed by atoms with Crippen LogP contribution >= 0.6 is 11.6 Å². The Kier molecular flexibility index (Phi) is 3.59. The summed E-state index contributed by atoms with van der Waals surface area (Å²) in [5, 5.41) is 12.9. The van der Waals surface area contributed by atoms with E-state index in [2.05, 4.69) is 15.3 Å².